The first kappa shape index (κ1) is 18.5. The van der Waals surface area contributed by atoms with E-state index < -0.39 is 11.9 Å². The molecule has 0 saturated heterocycles. The average Bonchev–Trinajstić information content (AvgIpc) is 2.56. The molecule has 0 spiro atoms. The normalized spacial score (nSPS) is 10.1. The number of aliphatic carboxylic acids is 1. The minimum absolute atomic E-state index is 0.185. The molecule has 6 nitrogen and oxygen atoms in total. The predicted octanol–water partition coefficient (Wildman–Crippen LogP) is 1.99. The first-order valence-corrected chi connectivity index (χ1v) is 7.95. The van der Waals surface area contributed by atoms with E-state index >= 15 is 0 Å². The summed E-state index contributed by atoms with van der Waals surface area (Å²) < 4.78 is 0. The van der Waals surface area contributed by atoms with Crippen molar-refractivity contribution in [2.45, 2.75) is 19.3 Å². The van der Waals surface area contributed by atoms with Crippen LogP contribution >= 0.6 is 11.6 Å². The van der Waals surface area contributed by atoms with Crippen LogP contribution in [-0.4, -0.2) is 17.8 Å². The Labute approximate surface area is 149 Å². The second-order valence-electron chi connectivity index (χ2n) is 5.33. The number of nitrogens with one attached hydrogen (secondary N) is 2. The first-order chi connectivity index (χ1) is 11.9. The molecule has 0 aliphatic rings. The third-order valence-electron chi connectivity index (χ3n) is 3.29. The largest absolute Gasteiger partial charge is 0.550 e. The van der Waals surface area contributed by atoms with Gasteiger partial charge in [0.15, 0.2) is 0 Å². The number of amides is 2. The molecule has 2 amide bonds. The van der Waals surface area contributed by atoms with E-state index in [9.17, 15) is 19.5 Å². The summed E-state index contributed by atoms with van der Waals surface area (Å²) in [6.07, 6.45) is -0.318. The molecule has 2 rings (SSSR count). The Morgan fingerprint density at radius 1 is 0.920 bits per heavy atom. The van der Waals surface area contributed by atoms with Gasteiger partial charge in [-0.3, -0.25) is 9.59 Å². The quantitative estimate of drug-likeness (QED) is 0.789. The van der Waals surface area contributed by atoms with Gasteiger partial charge in [0, 0.05) is 18.1 Å². The van der Waals surface area contributed by atoms with Crippen LogP contribution in [0.2, 0.25) is 5.02 Å². The SMILES string of the molecule is O=C([O-])CCC(=O)Nc1ccc(NC(=O)Cc2ccccc2)c(Cl)c1. The van der Waals surface area contributed by atoms with Crippen LogP contribution in [0.25, 0.3) is 0 Å². The van der Waals surface area contributed by atoms with E-state index in [1.54, 1.807) is 12.1 Å². The van der Waals surface area contributed by atoms with Crippen molar-refractivity contribution in [3.63, 3.8) is 0 Å². The number of anilines is 2. The van der Waals surface area contributed by atoms with Crippen molar-refractivity contribution in [3.8, 4) is 0 Å². The van der Waals surface area contributed by atoms with E-state index in [1.807, 2.05) is 30.3 Å². The van der Waals surface area contributed by atoms with Crippen molar-refractivity contribution in [1.29, 1.82) is 0 Å². The molecule has 0 bridgehead atoms. The van der Waals surface area contributed by atoms with Gasteiger partial charge in [0.2, 0.25) is 11.8 Å². The van der Waals surface area contributed by atoms with Gasteiger partial charge in [0.25, 0.3) is 0 Å². The van der Waals surface area contributed by atoms with Crippen molar-refractivity contribution < 1.29 is 19.5 Å². The number of benzene rings is 2. The van der Waals surface area contributed by atoms with E-state index in [0.29, 0.717) is 11.4 Å². The monoisotopic (exact) mass is 359 g/mol. The lowest BCUT2D eigenvalue weighted by Crippen LogP contribution is -2.24. The molecule has 2 N–H and O–H groups in total. The molecule has 0 radical (unpaired) electrons. The van der Waals surface area contributed by atoms with Crippen molar-refractivity contribution in [2.24, 2.45) is 0 Å². The van der Waals surface area contributed by atoms with Gasteiger partial charge in [-0.05, 0) is 30.2 Å². The van der Waals surface area contributed by atoms with E-state index in [-0.39, 0.29) is 30.2 Å². The van der Waals surface area contributed by atoms with Crippen LogP contribution in [0.4, 0.5) is 11.4 Å². The van der Waals surface area contributed by atoms with E-state index in [4.69, 9.17) is 11.6 Å². The Balaban J connectivity index is 1.93. The van der Waals surface area contributed by atoms with Gasteiger partial charge in [-0.2, -0.15) is 0 Å². The minimum atomic E-state index is -1.29. The first-order valence-electron chi connectivity index (χ1n) is 7.57. The van der Waals surface area contributed by atoms with Crippen molar-refractivity contribution in [1.82, 2.24) is 0 Å². The molecule has 0 aliphatic heterocycles. The summed E-state index contributed by atoms with van der Waals surface area (Å²) in [7, 11) is 0. The summed E-state index contributed by atoms with van der Waals surface area (Å²) in [5.74, 6) is -1.95. The lowest BCUT2D eigenvalue weighted by molar-refractivity contribution is -0.305. The Hall–Kier alpha value is -2.86. The highest BCUT2D eigenvalue weighted by atomic mass is 35.5. The van der Waals surface area contributed by atoms with Crippen molar-refractivity contribution in [3.05, 3.63) is 59.1 Å². The molecule has 0 saturated carbocycles. The highest BCUT2D eigenvalue weighted by Crippen LogP contribution is 2.25. The van der Waals surface area contributed by atoms with Gasteiger partial charge >= 0.3 is 0 Å². The van der Waals surface area contributed by atoms with Gasteiger partial charge < -0.3 is 20.5 Å². The molecule has 0 fully saturated rings. The molecule has 130 valence electrons. The van der Waals surface area contributed by atoms with Gasteiger partial charge in [-0.1, -0.05) is 41.9 Å². The number of carboxylic acids is 1. The molecule has 0 unspecified atom stereocenters. The molecular weight excluding hydrogens is 344 g/mol. The zero-order valence-corrected chi connectivity index (χ0v) is 14.0. The van der Waals surface area contributed by atoms with Crippen LogP contribution in [0.3, 0.4) is 0 Å². The summed E-state index contributed by atoms with van der Waals surface area (Å²) >= 11 is 6.12. The lowest BCUT2D eigenvalue weighted by Gasteiger charge is -2.10. The molecule has 7 heteroatoms. The zero-order chi connectivity index (χ0) is 18.2. The fourth-order valence-electron chi connectivity index (χ4n) is 2.11. The van der Waals surface area contributed by atoms with Crippen molar-refractivity contribution >= 4 is 40.8 Å². The maximum absolute atomic E-state index is 12.0. The van der Waals surface area contributed by atoms with Crippen molar-refractivity contribution in [2.75, 3.05) is 10.6 Å². The van der Waals surface area contributed by atoms with Gasteiger partial charge in [0.1, 0.15) is 0 Å². The Morgan fingerprint density at radius 3 is 2.28 bits per heavy atom. The molecule has 2 aromatic rings. The number of carboxylic acid groups (broad SMARTS) is 1. The molecule has 0 heterocycles. The number of hydrogen-bond acceptors (Lipinski definition) is 4. The summed E-state index contributed by atoms with van der Waals surface area (Å²) in [5.41, 5.74) is 1.72. The predicted molar refractivity (Wildman–Crippen MR) is 93.1 cm³/mol. The van der Waals surface area contributed by atoms with Gasteiger partial charge in [0.05, 0.1) is 17.1 Å². The minimum Gasteiger partial charge on any atom is -0.550 e. The summed E-state index contributed by atoms with van der Waals surface area (Å²) in [6.45, 7) is 0. The number of carbonyl (C=O) groups excluding carboxylic acids is 3. The molecular formula is C18H16ClN2O4-. The number of rotatable bonds is 7. The molecule has 0 aliphatic carbocycles. The third kappa shape index (κ3) is 6.27. The summed E-state index contributed by atoms with van der Waals surface area (Å²) in [4.78, 5) is 34.0. The van der Waals surface area contributed by atoms with Gasteiger partial charge in [-0.15, -0.1) is 0 Å². The van der Waals surface area contributed by atoms with Crippen LogP contribution in [0.1, 0.15) is 18.4 Å². The van der Waals surface area contributed by atoms with E-state index in [2.05, 4.69) is 10.6 Å². The lowest BCUT2D eigenvalue weighted by atomic mass is 10.1. The van der Waals surface area contributed by atoms with Gasteiger partial charge in [-0.25, -0.2) is 0 Å². The van der Waals surface area contributed by atoms with Crippen LogP contribution < -0.4 is 15.7 Å². The molecule has 0 aromatic heterocycles. The summed E-state index contributed by atoms with van der Waals surface area (Å²) in [6, 6.07) is 13.9. The third-order valence-corrected chi connectivity index (χ3v) is 3.60. The Bertz CT molecular complexity index is 778. The van der Waals surface area contributed by atoms with E-state index in [0.717, 1.165) is 5.56 Å². The topological polar surface area (TPSA) is 98.3 Å². The smallest absolute Gasteiger partial charge is 0.228 e. The number of hydrogen-bond donors (Lipinski definition) is 2. The Kier molecular flexibility index (Phi) is 6.54. The van der Waals surface area contributed by atoms with Crippen LogP contribution in [-0.2, 0) is 20.8 Å². The van der Waals surface area contributed by atoms with E-state index in [1.165, 1.54) is 6.07 Å². The standard InChI is InChI=1S/C18H17ClN2O4/c19-14-11-13(20-16(22)8-9-18(24)25)6-7-15(14)21-17(23)10-12-4-2-1-3-5-12/h1-7,11H,8-10H2,(H,20,22)(H,21,23)(H,24,25)/p-1. The fraction of sp³-hybridized carbons (Fsp3) is 0.167. The van der Waals surface area contributed by atoms with Crippen LogP contribution in [0.5, 0.6) is 0 Å². The number of carbonyl (C=O) groups is 3. The maximum Gasteiger partial charge on any atom is 0.228 e. The zero-order valence-electron chi connectivity index (χ0n) is 13.3. The molecule has 25 heavy (non-hydrogen) atoms. The Morgan fingerprint density at radius 2 is 1.64 bits per heavy atom. The summed E-state index contributed by atoms with van der Waals surface area (Å²) in [5, 5.41) is 15.8. The average molecular weight is 360 g/mol. The van der Waals surface area contributed by atoms with Crippen LogP contribution in [0, 0.1) is 0 Å². The molecule has 2 aromatic carbocycles. The maximum atomic E-state index is 12.0. The highest BCUT2D eigenvalue weighted by Gasteiger charge is 2.09. The molecule has 0 atom stereocenters. The second kappa shape index (κ2) is 8.84. The second-order valence-corrected chi connectivity index (χ2v) is 5.73. The fourth-order valence-corrected chi connectivity index (χ4v) is 2.34. The number of halogens is 1. The van der Waals surface area contributed by atoms with Crippen LogP contribution in [0.15, 0.2) is 48.5 Å². The highest BCUT2D eigenvalue weighted by molar-refractivity contribution is 6.34.